The van der Waals surface area contributed by atoms with Gasteiger partial charge in [-0.15, -0.1) is 0 Å². The topological polar surface area (TPSA) is 107 Å². The van der Waals surface area contributed by atoms with Crippen LogP contribution in [0.5, 0.6) is 0 Å². The zero-order chi connectivity index (χ0) is 34.9. The maximum Gasteiger partial charge on any atom is 0.415 e. The summed E-state index contributed by atoms with van der Waals surface area (Å²) in [6.45, 7) is 6.94. The predicted octanol–water partition coefficient (Wildman–Crippen LogP) is 6.54. The molecule has 9 heteroatoms. The molecule has 3 fully saturated rings. The third-order valence-corrected chi connectivity index (χ3v) is 13.3. The smallest absolute Gasteiger partial charge is 0.415 e. The van der Waals surface area contributed by atoms with Crippen molar-refractivity contribution in [2.24, 2.45) is 16.7 Å². The van der Waals surface area contributed by atoms with Crippen LogP contribution in [0, 0.1) is 16.7 Å². The minimum absolute atomic E-state index is 0.0465. The van der Waals surface area contributed by atoms with Crippen LogP contribution >= 0.6 is 0 Å². The van der Waals surface area contributed by atoms with Crippen molar-refractivity contribution < 1.29 is 29.0 Å². The fourth-order valence-electron chi connectivity index (χ4n) is 10.00. The molecule has 0 aromatic heterocycles. The zero-order valence-corrected chi connectivity index (χ0v) is 29.0. The summed E-state index contributed by atoms with van der Waals surface area (Å²) in [6.07, 6.45) is 3.58. The highest BCUT2D eigenvalue weighted by Gasteiger charge is 2.63. The van der Waals surface area contributed by atoms with E-state index in [0.29, 0.717) is 30.9 Å². The lowest BCUT2D eigenvalue weighted by atomic mass is 9.70. The fraction of sp³-hybridized carbons (Fsp3) is 0.463. The molecule has 3 aromatic rings. The van der Waals surface area contributed by atoms with Crippen LogP contribution in [-0.2, 0) is 38.5 Å². The Morgan fingerprint density at radius 1 is 0.740 bits per heavy atom. The van der Waals surface area contributed by atoms with Crippen LogP contribution in [0.2, 0.25) is 0 Å². The molecule has 3 aliphatic heterocycles. The molecule has 0 spiro atoms. The van der Waals surface area contributed by atoms with Gasteiger partial charge in [-0.05, 0) is 71.8 Å². The van der Waals surface area contributed by atoms with Gasteiger partial charge in [-0.25, -0.2) is 9.59 Å². The molecule has 1 N–H and O–H groups in total. The zero-order valence-electron chi connectivity index (χ0n) is 29.0. The summed E-state index contributed by atoms with van der Waals surface area (Å²) in [5, 5.41) is 10.3. The highest BCUT2D eigenvalue weighted by Crippen LogP contribution is 2.66. The largest absolute Gasteiger partial charge is 0.480 e. The van der Waals surface area contributed by atoms with Gasteiger partial charge in [0.05, 0.1) is 11.7 Å². The molecule has 1 saturated heterocycles. The average Bonchev–Trinajstić information content (AvgIpc) is 3.83. The average molecular weight is 676 g/mol. The van der Waals surface area contributed by atoms with E-state index in [1.165, 1.54) is 9.80 Å². The Morgan fingerprint density at radius 3 is 2.08 bits per heavy atom. The van der Waals surface area contributed by atoms with Crippen LogP contribution in [0.3, 0.4) is 0 Å². The van der Waals surface area contributed by atoms with Gasteiger partial charge in [-0.3, -0.25) is 14.5 Å². The summed E-state index contributed by atoms with van der Waals surface area (Å²) in [7, 11) is 0. The molecule has 5 aliphatic rings. The lowest BCUT2D eigenvalue weighted by Crippen LogP contribution is -2.58. The minimum atomic E-state index is -1.07. The van der Waals surface area contributed by atoms with E-state index in [4.69, 9.17) is 4.74 Å². The number of rotatable bonds is 5. The summed E-state index contributed by atoms with van der Waals surface area (Å²) in [5.41, 5.74) is 4.15. The first-order chi connectivity index (χ1) is 24.0. The molecule has 3 amide bonds. The third-order valence-electron chi connectivity index (χ3n) is 13.3. The van der Waals surface area contributed by atoms with Crippen molar-refractivity contribution in [2.75, 3.05) is 4.90 Å². The van der Waals surface area contributed by atoms with Crippen molar-refractivity contribution in [3.05, 3.63) is 101 Å². The Hall–Kier alpha value is -4.66. The van der Waals surface area contributed by atoms with Gasteiger partial charge in [0.2, 0.25) is 11.8 Å². The van der Waals surface area contributed by atoms with E-state index < -0.39 is 36.2 Å². The van der Waals surface area contributed by atoms with E-state index >= 15 is 4.79 Å². The van der Waals surface area contributed by atoms with Gasteiger partial charge in [0.25, 0.3) is 0 Å². The van der Waals surface area contributed by atoms with E-state index in [2.05, 4.69) is 20.8 Å². The van der Waals surface area contributed by atoms with Crippen LogP contribution in [0.25, 0.3) is 0 Å². The van der Waals surface area contributed by atoms with Gasteiger partial charge in [0.15, 0.2) is 0 Å². The molecule has 50 heavy (non-hydrogen) atoms. The lowest BCUT2D eigenvalue weighted by Gasteiger charge is -2.40. The van der Waals surface area contributed by atoms with Crippen molar-refractivity contribution in [2.45, 2.75) is 103 Å². The maximum absolute atomic E-state index is 15.1. The number of carbonyl (C=O) groups excluding carboxylic acids is 3. The van der Waals surface area contributed by atoms with E-state index in [-0.39, 0.29) is 41.7 Å². The maximum atomic E-state index is 15.1. The van der Waals surface area contributed by atoms with E-state index in [9.17, 15) is 19.5 Å². The van der Waals surface area contributed by atoms with Crippen LogP contribution in [-0.4, -0.2) is 63.0 Å². The number of amides is 3. The number of carbonyl (C=O) groups is 4. The van der Waals surface area contributed by atoms with Crippen molar-refractivity contribution >= 4 is 29.6 Å². The highest BCUT2D eigenvalue weighted by molar-refractivity contribution is 6.02. The second kappa shape index (κ2) is 12.0. The molecule has 0 radical (unpaired) electrons. The quantitative estimate of drug-likeness (QED) is 0.329. The summed E-state index contributed by atoms with van der Waals surface area (Å²) < 4.78 is 6.40. The molecule has 2 bridgehead atoms. The first-order valence-electron chi connectivity index (χ1n) is 18.0. The highest BCUT2D eigenvalue weighted by atomic mass is 16.6. The molecule has 9 nitrogen and oxygen atoms in total. The number of carboxylic acid groups (broad SMARTS) is 1. The van der Waals surface area contributed by atoms with Gasteiger partial charge < -0.3 is 19.6 Å². The standard InChI is InChI=1S/C41H45N3O6/c1-40(2)29-19-20-41(40,3)35(23-29)50-39(49)44-30-16-10-9-14-27(30)22-33(44)37(46)43-31(25-11-5-4-6-12-25)17-18-32(43)36(45)42-24-28-15-8-7-13-26(28)21-34(42)38(47)48/h4-16,29,31-35H,17-24H2,1-3H3,(H,47,48)/t29?,31-,32+,33+,34+,35?,41+/m0/s1. The number of ether oxygens (including phenoxy) is 1. The van der Waals surface area contributed by atoms with E-state index in [1.807, 2.05) is 78.9 Å². The van der Waals surface area contributed by atoms with Crippen LogP contribution < -0.4 is 4.90 Å². The number of aliphatic carboxylic acids is 1. The van der Waals surface area contributed by atoms with Crippen molar-refractivity contribution in [3.63, 3.8) is 0 Å². The number of nitrogens with zero attached hydrogens (tertiary/aromatic N) is 3. The van der Waals surface area contributed by atoms with Crippen LogP contribution in [0.4, 0.5) is 10.5 Å². The van der Waals surface area contributed by atoms with Crippen molar-refractivity contribution in [1.82, 2.24) is 9.80 Å². The fourth-order valence-corrected chi connectivity index (χ4v) is 10.00. The lowest BCUT2D eigenvalue weighted by molar-refractivity contribution is -0.155. The monoisotopic (exact) mass is 675 g/mol. The Labute approximate surface area is 293 Å². The summed E-state index contributed by atoms with van der Waals surface area (Å²) in [5.74, 6) is -1.29. The third kappa shape index (κ3) is 4.95. The Bertz CT molecular complexity index is 1860. The van der Waals surface area contributed by atoms with Gasteiger partial charge in [0.1, 0.15) is 24.2 Å². The second-order valence-electron chi connectivity index (χ2n) is 15.8. The van der Waals surface area contributed by atoms with Gasteiger partial charge in [0, 0.05) is 24.8 Å². The Balaban J connectivity index is 1.13. The van der Waals surface area contributed by atoms with Crippen molar-refractivity contribution in [1.29, 1.82) is 0 Å². The Kier molecular flexibility index (Phi) is 7.80. The number of carboxylic acids is 1. The van der Waals surface area contributed by atoms with Gasteiger partial charge in [-0.2, -0.15) is 0 Å². The molecule has 260 valence electrons. The number of anilines is 1. The second-order valence-corrected chi connectivity index (χ2v) is 15.8. The normalized spacial score (nSPS) is 30.6. The van der Waals surface area contributed by atoms with Gasteiger partial charge >= 0.3 is 12.1 Å². The van der Waals surface area contributed by atoms with Crippen molar-refractivity contribution in [3.8, 4) is 0 Å². The SMILES string of the molecule is CC1(C)C2CC[C@]1(C)C(OC(=O)N1c3ccccc3C[C@@H]1C(=O)N1[C@@H](C(=O)N3Cc4ccccc4C[C@@H]3C(=O)O)CC[C@H]1c1ccccc1)C2. The molecular formula is C41H45N3O6. The predicted molar refractivity (Wildman–Crippen MR) is 187 cm³/mol. The van der Waals surface area contributed by atoms with Crippen LogP contribution in [0.1, 0.15) is 81.2 Å². The molecule has 2 aliphatic carbocycles. The Morgan fingerprint density at radius 2 is 1.40 bits per heavy atom. The first kappa shape index (κ1) is 32.5. The van der Waals surface area contributed by atoms with Crippen LogP contribution in [0.15, 0.2) is 78.9 Å². The molecule has 3 aromatic carbocycles. The number of para-hydroxylation sites is 1. The molecule has 2 unspecified atom stereocenters. The molecular weight excluding hydrogens is 630 g/mol. The molecule has 8 rings (SSSR count). The molecule has 3 heterocycles. The molecule has 2 saturated carbocycles. The summed E-state index contributed by atoms with van der Waals surface area (Å²) >= 11 is 0. The van der Waals surface area contributed by atoms with Gasteiger partial charge in [-0.1, -0.05) is 93.6 Å². The summed E-state index contributed by atoms with van der Waals surface area (Å²) in [6, 6.07) is 21.6. The van der Waals surface area contributed by atoms with E-state index in [1.54, 1.807) is 4.90 Å². The van der Waals surface area contributed by atoms with E-state index in [0.717, 1.165) is 41.5 Å². The number of likely N-dealkylation sites (tertiary alicyclic amines) is 1. The number of fused-ring (bicyclic) bond motifs is 4. The number of hydrogen-bond acceptors (Lipinski definition) is 5. The number of hydrogen-bond donors (Lipinski definition) is 1. The summed E-state index contributed by atoms with van der Waals surface area (Å²) in [4.78, 5) is 61.3. The first-order valence-corrected chi connectivity index (χ1v) is 18.0. The number of benzene rings is 3. The molecule has 7 atom stereocenters. The minimum Gasteiger partial charge on any atom is -0.480 e.